The van der Waals surface area contributed by atoms with Crippen LogP contribution in [0.25, 0.3) is 33.6 Å². The van der Waals surface area contributed by atoms with Gasteiger partial charge in [0.05, 0.1) is 44.5 Å². The van der Waals surface area contributed by atoms with Gasteiger partial charge < -0.3 is 33.1 Å². The van der Waals surface area contributed by atoms with Gasteiger partial charge in [0.25, 0.3) is 5.91 Å². The highest BCUT2D eigenvalue weighted by Crippen LogP contribution is 2.37. The van der Waals surface area contributed by atoms with Crippen molar-refractivity contribution in [3.63, 3.8) is 0 Å². The van der Waals surface area contributed by atoms with Crippen LogP contribution in [0.5, 0.6) is 11.5 Å². The number of methoxy groups -OCH3 is 1. The van der Waals surface area contributed by atoms with E-state index in [0.29, 0.717) is 84.4 Å². The van der Waals surface area contributed by atoms with Crippen molar-refractivity contribution in [2.75, 3.05) is 46.5 Å². The van der Waals surface area contributed by atoms with Gasteiger partial charge in [-0.3, -0.25) is 9.78 Å². The Balaban J connectivity index is 1.18. The average Bonchev–Trinajstić information content (AvgIpc) is 3.53. The summed E-state index contributed by atoms with van der Waals surface area (Å²) < 4.78 is 28.8. The number of ether oxygens (including phenoxy) is 4. The predicted molar refractivity (Wildman–Crippen MR) is 175 cm³/mol. The van der Waals surface area contributed by atoms with Crippen LogP contribution in [0, 0.1) is 11.3 Å². The molecule has 0 saturated carbocycles. The molecular formula is C36H38N4O8. The monoisotopic (exact) mass is 654 g/mol. The normalized spacial score (nSPS) is 15.9. The van der Waals surface area contributed by atoms with Gasteiger partial charge in [0, 0.05) is 49.3 Å². The Bertz CT molecular complexity index is 1840. The van der Waals surface area contributed by atoms with Crippen molar-refractivity contribution >= 4 is 23.2 Å². The molecule has 12 heteroatoms. The van der Waals surface area contributed by atoms with Crippen LogP contribution in [0.2, 0.25) is 0 Å². The van der Waals surface area contributed by atoms with Crippen LogP contribution < -0.4 is 9.47 Å². The van der Waals surface area contributed by atoms with Crippen LogP contribution in [0.4, 0.5) is 4.79 Å². The topological polar surface area (TPSA) is 137 Å². The maximum absolute atomic E-state index is 13.5. The van der Waals surface area contributed by atoms with Crippen molar-refractivity contribution < 1.29 is 37.8 Å². The molecule has 48 heavy (non-hydrogen) atoms. The van der Waals surface area contributed by atoms with E-state index in [9.17, 15) is 14.9 Å². The van der Waals surface area contributed by atoms with Gasteiger partial charge in [-0.15, -0.1) is 5.06 Å². The zero-order chi connectivity index (χ0) is 33.8. The molecule has 2 fully saturated rings. The first-order valence-electron chi connectivity index (χ1n) is 15.9. The number of pyridine rings is 1. The van der Waals surface area contributed by atoms with E-state index >= 15 is 0 Å². The van der Waals surface area contributed by atoms with Gasteiger partial charge in [0.2, 0.25) is 0 Å². The number of amides is 1. The fourth-order valence-corrected chi connectivity index (χ4v) is 5.72. The SMILES string of the molecule is COc1cc(-c2cc3nccc(-c4ccc(OC5CCOCC5)c(C#N)c4)c3o2)ccc1C(=O)N1CCN(OC(=O)OC(C)(C)C)CC1. The van der Waals surface area contributed by atoms with E-state index in [1.807, 2.05) is 30.3 Å². The molecule has 2 aromatic carbocycles. The van der Waals surface area contributed by atoms with Crippen molar-refractivity contribution in [2.45, 2.75) is 45.3 Å². The first kappa shape index (κ1) is 32.8. The number of fused-ring (bicyclic) bond motifs is 1. The smallest absolute Gasteiger partial charge is 0.496 e. The third kappa shape index (κ3) is 7.38. The van der Waals surface area contributed by atoms with Crippen LogP contribution in [-0.2, 0) is 14.3 Å². The molecule has 0 atom stereocenters. The molecule has 0 unspecified atom stereocenters. The van der Waals surface area contributed by atoms with E-state index in [4.69, 9.17) is 28.2 Å². The molecule has 1 amide bonds. The second kappa shape index (κ2) is 13.9. The molecule has 250 valence electrons. The highest BCUT2D eigenvalue weighted by Gasteiger charge is 2.28. The van der Waals surface area contributed by atoms with E-state index in [0.717, 1.165) is 24.0 Å². The summed E-state index contributed by atoms with van der Waals surface area (Å²) >= 11 is 0. The molecule has 0 aliphatic carbocycles. The highest BCUT2D eigenvalue weighted by molar-refractivity contribution is 5.98. The number of carbonyl (C=O) groups excluding carboxylic acids is 2. The summed E-state index contributed by atoms with van der Waals surface area (Å²) in [5.74, 6) is 1.31. The van der Waals surface area contributed by atoms with Crippen LogP contribution >= 0.6 is 0 Å². The molecule has 2 aromatic heterocycles. The van der Waals surface area contributed by atoms with Gasteiger partial charge in [0.1, 0.15) is 40.6 Å². The van der Waals surface area contributed by atoms with E-state index in [-0.39, 0.29) is 12.0 Å². The standard InChI is InChI=1S/C36H38N4O8/c1-36(2,3)47-35(42)48-40-15-13-39(14-16-40)34(41)28-7-5-24(20-32(28)43-4)31-21-29-33(46-31)27(9-12-38-29)23-6-8-30(25(19-23)22-37)45-26-10-17-44-18-11-26/h5-9,12,19-21,26H,10-11,13-18H2,1-4H3. The minimum atomic E-state index is -0.770. The second-order valence-electron chi connectivity index (χ2n) is 12.6. The number of piperazine rings is 1. The summed E-state index contributed by atoms with van der Waals surface area (Å²) in [4.78, 5) is 37.0. The number of carbonyl (C=O) groups is 2. The first-order valence-corrected chi connectivity index (χ1v) is 15.9. The molecule has 0 N–H and O–H groups in total. The van der Waals surface area contributed by atoms with E-state index < -0.39 is 11.8 Å². The quantitative estimate of drug-likeness (QED) is 0.210. The maximum atomic E-state index is 13.5. The molecule has 2 aliphatic rings. The lowest BCUT2D eigenvalue weighted by Gasteiger charge is -2.33. The third-order valence-corrected chi connectivity index (χ3v) is 8.12. The van der Waals surface area contributed by atoms with Crippen molar-refractivity contribution in [3.8, 4) is 40.0 Å². The number of furan rings is 1. The van der Waals surface area contributed by atoms with E-state index in [1.54, 1.807) is 50.1 Å². The molecule has 4 heterocycles. The Labute approximate surface area is 278 Å². The minimum absolute atomic E-state index is 0.0197. The van der Waals surface area contributed by atoms with Gasteiger partial charge >= 0.3 is 6.16 Å². The highest BCUT2D eigenvalue weighted by atomic mass is 16.8. The molecule has 4 aromatic rings. The number of nitrogens with zero attached hydrogens (tertiary/aromatic N) is 4. The van der Waals surface area contributed by atoms with Gasteiger partial charge in [-0.1, -0.05) is 12.1 Å². The van der Waals surface area contributed by atoms with Crippen molar-refractivity contribution in [2.24, 2.45) is 0 Å². The number of rotatable bonds is 7. The van der Waals surface area contributed by atoms with Crippen molar-refractivity contribution in [1.29, 1.82) is 5.26 Å². The molecule has 0 radical (unpaired) electrons. The molecule has 2 aliphatic heterocycles. The Morgan fingerprint density at radius 2 is 1.71 bits per heavy atom. The zero-order valence-electron chi connectivity index (χ0n) is 27.5. The summed E-state index contributed by atoms with van der Waals surface area (Å²) in [5.41, 5.74) is 3.70. The lowest BCUT2D eigenvalue weighted by molar-refractivity contribution is -0.154. The Morgan fingerprint density at radius 1 is 0.958 bits per heavy atom. The van der Waals surface area contributed by atoms with Gasteiger partial charge in [0.15, 0.2) is 5.58 Å². The van der Waals surface area contributed by atoms with Crippen LogP contribution in [0.15, 0.2) is 59.1 Å². The number of hydrogen-bond acceptors (Lipinski definition) is 11. The Kier molecular flexibility index (Phi) is 9.52. The number of hydrogen-bond donors (Lipinski definition) is 0. The van der Waals surface area contributed by atoms with Crippen molar-refractivity contribution in [3.05, 3.63) is 65.9 Å². The Morgan fingerprint density at radius 3 is 2.42 bits per heavy atom. The molecular weight excluding hydrogens is 616 g/mol. The zero-order valence-corrected chi connectivity index (χ0v) is 27.5. The molecule has 6 rings (SSSR count). The number of aromatic nitrogens is 1. The fraction of sp³-hybridized carbons (Fsp3) is 0.389. The fourth-order valence-electron chi connectivity index (χ4n) is 5.72. The van der Waals surface area contributed by atoms with Crippen LogP contribution in [0.3, 0.4) is 0 Å². The summed E-state index contributed by atoms with van der Waals surface area (Å²) in [6.45, 7) is 8.02. The number of hydroxylamine groups is 2. The first-order chi connectivity index (χ1) is 23.1. The third-order valence-electron chi connectivity index (χ3n) is 8.12. The number of nitriles is 1. The van der Waals surface area contributed by atoms with E-state index in [2.05, 4.69) is 11.1 Å². The van der Waals surface area contributed by atoms with Crippen molar-refractivity contribution in [1.82, 2.24) is 14.9 Å². The second-order valence-corrected chi connectivity index (χ2v) is 12.6. The minimum Gasteiger partial charge on any atom is -0.496 e. The summed E-state index contributed by atoms with van der Waals surface area (Å²) in [6.07, 6.45) is 2.53. The summed E-state index contributed by atoms with van der Waals surface area (Å²) in [5, 5.41) is 11.4. The average molecular weight is 655 g/mol. The van der Waals surface area contributed by atoms with Crippen LogP contribution in [-0.4, -0.2) is 85.2 Å². The predicted octanol–water partition coefficient (Wildman–Crippen LogP) is 6.22. The molecule has 0 spiro atoms. The van der Waals surface area contributed by atoms with Gasteiger partial charge in [-0.25, -0.2) is 4.79 Å². The number of benzene rings is 2. The van der Waals surface area contributed by atoms with E-state index in [1.165, 1.54) is 12.2 Å². The lowest BCUT2D eigenvalue weighted by Crippen LogP contribution is -2.49. The van der Waals surface area contributed by atoms with Gasteiger partial charge in [-0.05, 0) is 56.7 Å². The molecule has 0 bridgehead atoms. The molecule has 12 nitrogen and oxygen atoms in total. The molecule has 2 saturated heterocycles. The maximum Gasteiger partial charge on any atom is 0.528 e. The lowest BCUT2D eigenvalue weighted by atomic mass is 10.0. The summed E-state index contributed by atoms with van der Waals surface area (Å²) in [7, 11) is 1.52. The largest absolute Gasteiger partial charge is 0.528 e. The van der Waals surface area contributed by atoms with Crippen LogP contribution in [0.1, 0.15) is 49.5 Å². The Hall–Kier alpha value is -5.12. The summed E-state index contributed by atoms with van der Waals surface area (Å²) in [6, 6.07) is 16.8. The van der Waals surface area contributed by atoms with Gasteiger partial charge in [-0.2, -0.15) is 5.26 Å².